The number of hydrogen-bond acceptors (Lipinski definition) is 3. The predicted molar refractivity (Wildman–Crippen MR) is 94.6 cm³/mol. The van der Waals surface area contributed by atoms with Crippen molar-refractivity contribution in [2.45, 2.75) is 71.0 Å². The van der Waals surface area contributed by atoms with Gasteiger partial charge in [-0.2, -0.15) is 0 Å². The second kappa shape index (κ2) is 9.82. The van der Waals surface area contributed by atoms with Crippen molar-refractivity contribution in [3.05, 3.63) is 12.7 Å². The molecule has 0 spiro atoms. The lowest BCUT2D eigenvalue weighted by molar-refractivity contribution is -0.108. The molecule has 5 heteroatoms. The zero-order valence-electron chi connectivity index (χ0n) is 15.1. The summed E-state index contributed by atoms with van der Waals surface area (Å²) in [5.41, 5.74) is 1.08. The summed E-state index contributed by atoms with van der Waals surface area (Å²) in [6, 6.07) is 0. The topological polar surface area (TPSA) is 46.6 Å². The van der Waals surface area contributed by atoms with Crippen LogP contribution in [0.5, 0.6) is 0 Å². The molecular weight excluding hydrogens is 294 g/mol. The van der Waals surface area contributed by atoms with Crippen molar-refractivity contribution in [2.75, 3.05) is 13.1 Å². The van der Waals surface area contributed by atoms with Crippen molar-refractivity contribution in [1.82, 2.24) is 4.90 Å². The van der Waals surface area contributed by atoms with Crippen LogP contribution in [-0.4, -0.2) is 38.7 Å². The maximum atomic E-state index is 12.7. The van der Waals surface area contributed by atoms with Crippen molar-refractivity contribution in [3.63, 3.8) is 0 Å². The van der Waals surface area contributed by atoms with Gasteiger partial charge in [-0.3, -0.25) is 0 Å². The Balaban J connectivity index is 5.18. The summed E-state index contributed by atoms with van der Waals surface area (Å²) in [5.74, 6) is 0. The smallest absolute Gasteiger partial charge is 0.396 e. The van der Waals surface area contributed by atoms with Gasteiger partial charge in [-0.1, -0.05) is 47.6 Å². The molecule has 128 valence electrons. The molecule has 0 fully saturated rings. The molecule has 0 aromatic carbocycles. The van der Waals surface area contributed by atoms with Gasteiger partial charge in [0.05, 0.1) is 0 Å². The molecule has 4 nitrogen and oxygen atoms in total. The summed E-state index contributed by atoms with van der Waals surface area (Å²) < 4.78 is 6.16. The van der Waals surface area contributed by atoms with Crippen molar-refractivity contribution in [2.24, 2.45) is 0 Å². The van der Waals surface area contributed by atoms with E-state index in [0.29, 0.717) is 42.6 Å². The molecule has 0 heterocycles. The highest BCUT2D eigenvalue weighted by Gasteiger charge is 2.48. The predicted octanol–water partition coefficient (Wildman–Crippen LogP) is 4.77. The van der Waals surface area contributed by atoms with Gasteiger partial charge in [-0.25, -0.2) is 4.79 Å². The molecule has 0 aliphatic rings. The molecule has 0 aliphatic carbocycles. The van der Waals surface area contributed by atoms with Crippen molar-refractivity contribution < 1.29 is 14.0 Å². The van der Waals surface area contributed by atoms with Crippen LogP contribution in [-0.2, 0) is 9.22 Å². The Morgan fingerprint density at radius 3 is 2.00 bits per heavy atom. The van der Waals surface area contributed by atoms with E-state index in [1.165, 1.54) is 0 Å². The second-order valence-electron chi connectivity index (χ2n) is 6.73. The summed E-state index contributed by atoms with van der Waals surface area (Å²) in [5, 5.41) is 0. The number of unbranched alkanes of at least 4 members (excludes halogenated alkanes) is 1. The number of hydrogen-bond donors (Lipinski definition) is 0. The van der Waals surface area contributed by atoms with Gasteiger partial charge < -0.3 is 14.1 Å². The first kappa shape index (κ1) is 20.9. The van der Waals surface area contributed by atoms with E-state index >= 15 is 0 Å². The summed E-state index contributed by atoms with van der Waals surface area (Å²) in [6.07, 6.45) is 3.44. The van der Waals surface area contributed by atoms with Crippen LogP contribution in [0, 0.1) is 0 Å². The van der Waals surface area contributed by atoms with E-state index in [0.717, 1.165) is 6.29 Å². The van der Waals surface area contributed by atoms with Gasteiger partial charge in [0.2, 0.25) is 0 Å². The van der Waals surface area contributed by atoms with Crippen LogP contribution in [0.4, 0.5) is 4.79 Å². The van der Waals surface area contributed by atoms with Crippen molar-refractivity contribution in [1.29, 1.82) is 0 Å². The van der Waals surface area contributed by atoms with Crippen LogP contribution in [0.2, 0.25) is 16.6 Å². The van der Waals surface area contributed by atoms with Crippen LogP contribution in [0.3, 0.4) is 0 Å². The van der Waals surface area contributed by atoms with E-state index in [1.807, 2.05) is 0 Å². The molecule has 0 N–H and O–H groups in total. The molecule has 0 unspecified atom stereocenters. The van der Waals surface area contributed by atoms with Gasteiger partial charge in [0, 0.05) is 19.5 Å². The van der Waals surface area contributed by atoms with Gasteiger partial charge in [0.1, 0.15) is 6.29 Å². The first-order valence-electron chi connectivity index (χ1n) is 8.26. The molecule has 0 bridgehead atoms. The van der Waals surface area contributed by atoms with Gasteiger partial charge in [0.25, 0.3) is 8.32 Å². The monoisotopic (exact) mass is 327 g/mol. The van der Waals surface area contributed by atoms with Crippen LogP contribution in [0.25, 0.3) is 0 Å². The van der Waals surface area contributed by atoms with E-state index in [9.17, 15) is 9.59 Å². The highest BCUT2D eigenvalue weighted by molar-refractivity contribution is 6.78. The minimum Gasteiger partial charge on any atom is -0.503 e. The largest absolute Gasteiger partial charge is 0.503 e. The molecule has 22 heavy (non-hydrogen) atoms. The number of aldehydes is 1. The zero-order chi connectivity index (χ0) is 17.3. The average Bonchev–Trinajstić information content (AvgIpc) is 2.42. The molecule has 0 atom stereocenters. The summed E-state index contributed by atoms with van der Waals surface area (Å²) in [7, 11) is -2.23. The Hall–Kier alpha value is -1.10. The Morgan fingerprint density at radius 2 is 1.64 bits per heavy atom. The minimum atomic E-state index is -2.23. The molecule has 0 aliphatic heterocycles. The van der Waals surface area contributed by atoms with E-state index in [4.69, 9.17) is 4.43 Å². The number of amides is 1. The van der Waals surface area contributed by atoms with Gasteiger partial charge in [-0.15, -0.1) is 6.58 Å². The highest BCUT2D eigenvalue weighted by atomic mass is 28.4. The Morgan fingerprint density at radius 1 is 1.14 bits per heavy atom. The van der Waals surface area contributed by atoms with E-state index < -0.39 is 8.32 Å². The SMILES string of the molecule is C=CCN(CCCC=O)C(=O)O[Si](C(C)C)(C(C)C)C(C)C. The molecule has 0 saturated heterocycles. The lowest BCUT2D eigenvalue weighted by atomic mass is 10.3. The van der Waals surface area contributed by atoms with Crippen molar-refractivity contribution in [3.8, 4) is 0 Å². The fourth-order valence-corrected chi connectivity index (χ4v) is 8.49. The average molecular weight is 328 g/mol. The summed E-state index contributed by atoms with van der Waals surface area (Å²) >= 11 is 0. The molecule has 0 saturated carbocycles. The lowest BCUT2D eigenvalue weighted by Gasteiger charge is -2.42. The normalized spacial score (nSPS) is 11.9. The Labute approximate surface area is 137 Å². The van der Waals surface area contributed by atoms with E-state index in [-0.39, 0.29) is 6.09 Å². The van der Waals surface area contributed by atoms with Gasteiger partial charge in [0.15, 0.2) is 0 Å². The van der Waals surface area contributed by atoms with E-state index in [1.54, 1.807) is 11.0 Å². The molecule has 0 radical (unpaired) electrons. The third-order valence-electron chi connectivity index (χ3n) is 4.33. The molecule has 0 aromatic rings. The number of carbonyl (C=O) groups excluding carboxylic acids is 2. The number of carbonyl (C=O) groups is 2. The number of rotatable bonds is 10. The van der Waals surface area contributed by atoms with Gasteiger partial charge >= 0.3 is 6.09 Å². The van der Waals surface area contributed by atoms with Gasteiger partial charge in [-0.05, 0) is 23.0 Å². The first-order valence-corrected chi connectivity index (χ1v) is 10.4. The minimum absolute atomic E-state index is 0.256. The summed E-state index contributed by atoms with van der Waals surface area (Å²) in [6.45, 7) is 17.6. The highest BCUT2D eigenvalue weighted by Crippen LogP contribution is 2.42. The zero-order valence-corrected chi connectivity index (χ0v) is 16.1. The maximum Gasteiger partial charge on any atom is 0.396 e. The third-order valence-corrected chi connectivity index (χ3v) is 10.3. The first-order chi connectivity index (χ1) is 10.2. The number of nitrogens with zero attached hydrogens (tertiary/aromatic N) is 1. The Kier molecular flexibility index (Phi) is 9.33. The van der Waals surface area contributed by atoms with Crippen LogP contribution >= 0.6 is 0 Å². The van der Waals surface area contributed by atoms with Crippen LogP contribution in [0.1, 0.15) is 54.4 Å². The van der Waals surface area contributed by atoms with Crippen LogP contribution < -0.4 is 0 Å². The van der Waals surface area contributed by atoms with Crippen LogP contribution in [0.15, 0.2) is 12.7 Å². The molecule has 0 rings (SSSR count). The summed E-state index contributed by atoms with van der Waals surface area (Å²) in [4.78, 5) is 24.8. The fraction of sp³-hybridized carbons (Fsp3) is 0.765. The fourth-order valence-electron chi connectivity index (χ4n) is 3.35. The van der Waals surface area contributed by atoms with Crippen molar-refractivity contribution >= 4 is 20.7 Å². The molecule has 0 aromatic heterocycles. The standard InChI is InChI=1S/C17H33NO3Si/c1-8-11-18(12-9-10-13-19)17(20)21-22(14(2)3,15(4)5)16(6)7/h8,13-16H,1,9-12H2,2-7H3. The van der Waals surface area contributed by atoms with E-state index in [2.05, 4.69) is 48.1 Å². The second-order valence-corrected chi connectivity index (χ2v) is 12.1. The third kappa shape index (κ3) is 5.27. The maximum absolute atomic E-state index is 12.7. The lowest BCUT2D eigenvalue weighted by Crippen LogP contribution is -2.52. The molecular formula is C17H33NO3Si. The quantitative estimate of drug-likeness (QED) is 0.251. The molecule has 1 amide bonds. The Bertz CT molecular complexity index is 345.